The molecule has 9 heteroatoms. The van der Waals surface area contributed by atoms with Crippen molar-refractivity contribution in [1.29, 1.82) is 0 Å². The number of ether oxygens (including phenoxy) is 2. The van der Waals surface area contributed by atoms with E-state index in [0.717, 1.165) is 31.0 Å². The van der Waals surface area contributed by atoms with Gasteiger partial charge >= 0.3 is 5.97 Å². The standard InChI is InChI=1S/C13H14N4O3S2/c1-21-13-14-5-8(6-15-13)10-11(22-17-16-10)12(18)20-7-9-3-2-4-19-9/h5-6,9H,2-4,7H2,1H3. The van der Waals surface area contributed by atoms with Gasteiger partial charge in [0.1, 0.15) is 12.3 Å². The van der Waals surface area contributed by atoms with E-state index in [1.54, 1.807) is 12.4 Å². The minimum atomic E-state index is -0.436. The van der Waals surface area contributed by atoms with Crippen LogP contribution in [0.4, 0.5) is 0 Å². The number of esters is 1. The number of aromatic nitrogens is 4. The van der Waals surface area contributed by atoms with Crippen LogP contribution < -0.4 is 0 Å². The molecule has 1 aliphatic rings. The fourth-order valence-corrected chi connectivity index (χ4v) is 2.97. The number of carbonyl (C=O) groups is 1. The molecule has 2 aromatic rings. The van der Waals surface area contributed by atoms with Crippen molar-refractivity contribution < 1.29 is 14.3 Å². The van der Waals surface area contributed by atoms with E-state index in [-0.39, 0.29) is 12.7 Å². The molecular formula is C13H14N4O3S2. The van der Waals surface area contributed by atoms with Crippen molar-refractivity contribution in [3.8, 4) is 11.3 Å². The average molecular weight is 338 g/mol. The fourth-order valence-electron chi connectivity index (χ4n) is 2.07. The zero-order valence-corrected chi connectivity index (χ0v) is 13.5. The third-order valence-corrected chi connectivity index (χ3v) is 4.46. The molecule has 0 aliphatic carbocycles. The maximum atomic E-state index is 12.2. The molecule has 1 unspecified atom stereocenters. The molecule has 0 aromatic carbocycles. The minimum Gasteiger partial charge on any atom is -0.459 e. The highest BCUT2D eigenvalue weighted by molar-refractivity contribution is 7.98. The number of rotatable bonds is 5. The van der Waals surface area contributed by atoms with Gasteiger partial charge in [0.25, 0.3) is 0 Å². The summed E-state index contributed by atoms with van der Waals surface area (Å²) in [6.45, 7) is 0.993. The van der Waals surface area contributed by atoms with Crippen molar-refractivity contribution in [2.45, 2.75) is 24.1 Å². The Morgan fingerprint density at radius 3 is 3.00 bits per heavy atom. The summed E-state index contributed by atoms with van der Waals surface area (Å²) < 4.78 is 14.6. The van der Waals surface area contributed by atoms with E-state index in [4.69, 9.17) is 9.47 Å². The Morgan fingerprint density at radius 1 is 1.50 bits per heavy atom. The summed E-state index contributed by atoms with van der Waals surface area (Å²) >= 11 is 2.45. The van der Waals surface area contributed by atoms with Gasteiger partial charge in [-0.2, -0.15) is 0 Å². The summed E-state index contributed by atoms with van der Waals surface area (Å²) in [5.41, 5.74) is 1.10. The molecule has 1 fully saturated rings. The summed E-state index contributed by atoms with van der Waals surface area (Å²) in [6.07, 6.45) is 7.09. The topological polar surface area (TPSA) is 87.1 Å². The molecule has 0 amide bonds. The molecule has 3 rings (SSSR count). The number of thioether (sulfide) groups is 1. The number of hydrogen-bond acceptors (Lipinski definition) is 9. The molecule has 2 aromatic heterocycles. The lowest BCUT2D eigenvalue weighted by Gasteiger charge is -2.09. The first kappa shape index (κ1) is 15.3. The van der Waals surface area contributed by atoms with Crippen molar-refractivity contribution >= 4 is 29.3 Å². The van der Waals surface area contributed by atoms with Gasteiger partial charge in [-0.15, -0.1) is 5.10 Å². The van der Waals surface area contributed by atoms with Gasteiger partial charge in [-0.1, -0.05) is 16.3 Å². The van der Waals surface area contributed by atoms with Crippen molar-refractivity contribution in [2.75, 3.05) is 19.5 Å². The van der Waals surface area contributed by atoms with Crippen LogP contribution in [0.3, 0.4) is 0 Å². The van der Waals surface area contributed by atoms with Crippen molar-refractivity contribution in [1.82, 2.24) is 19.6 Å². The summed E-state index contributed by atoms with van der Waals surface area (Å²) in [7, 11) is 0. The van der Waals surface area contributed by atoms with Crippen molar-refractivity contribution in [3.63, 3.8) is 0 Å². The quantitative estimate of drug-likeness (QED) is 0.465. The van der Waals surface area contributed by atoms with E-state index in [1.807, 2.05) is 6.26 Å². The Bertz CT molecular complexity index is 641. The van der Waals surface area contributed by atoms with Crippen LogP contribution in [-0.2, 0) is 9.47 Å². The van der Waals surface area contributed by atoms with Crippen LogP contribution >= 0.6 is 23.3 Å². The lowest BCUT2D eigenvalue weighted by molar-refractivity contribution is 0.0166. The van der Waals surface area contributed by atoms with E-state index in [2.05, 4.69) is 19.6 Å². The van der Waals surface area contributed by atoms with Crippen molar-refractivity contribution in [2.24, 2.45) is 0 Å². The average Bonchev–Trinajstić information content (AvgIpc) is 3.24. The van der Waals surface area contributed by atoms with E-state index in [1.165, 1.54) is 11.8 Å². The van der Waals surface area contributed by atoms with Gasteiger partial charge in [0.05, 0.1) is 6.10 Å². The van der Waals surface area contributed by atoms with E-state index < -0.39 is 5.97 Å². The highest BCUT2D eigenvalue weighted by Crippen LogP contribution is 2.24. The summed E-state index contributed by atoms with van der Waals surface area (Å²) in [4.78, 5) is 20.9. The van der Waals surface area contributed by atoms with Crippen LogP contribution in [0.1, 0.15) is 22.5 Å². The number of nitrogens with zero attached hydrogens (tertiary/aromatic N) is 4. The third kappa shape index (κ3) is 3.42. The van der Waals surface area contributed by atoms with Gasteiger partial charge in [0.2, 0.25) is 0 Å². The molecule has 116 valence electrons. The first-order chi connectivity index (χ1) is 10.8. The molecule has 0 spiro atoms. The van der Waals surface area contributed by atoms with E-state index >= 15 is 0 Å². The van der Waals surface area contributed by atoms with Gasteiger partial charge in [-0.05, 0) is 30.6 Å². The number of carbonyl (C=O) groups excluding carboxylic acids is 1. The second-order valence-corrected chi connectivity index (χ2v) is 6.17. The second kappa shape index (κ2) is 7.12. The van der Waals surface area contributed by atoms with Crippen LogP contribution in [0.15, 0.2) is 17.6 Å². The summed E-state index contributed by atoms with van der Waals surface area (Å²) in [5, 5.41) is 4.65. The Hall–Kier alpha value is -1.58. The maximum absolute atomic E-state index is 12.2. The minimum absolute atomic E-state index is 0.00234. The fraction of sp³-hybridized carbons (Fsp3) is 0.462. The summed E-state index contributed by atoms with van der Waals surface area (Å²) in [5.74, 6) is -0.436. The molecule has 22 heavy (non-hydrogen) atoms. The number of hydrogen-bond donors (Lipinski definition) is 0. The molecule has 7 nitrogen and oxygen atoms in total. The Labute approximate surface area is 135 Å². The highest BCUT2D eigenvalue weighted by atomic mass is 32.2. The van der Waals surface area contributed by atoms with Gasteiger partial charge in [-0.3, -0.25) is 0 Å². The van der Waals surface area contributed by atoms with Crippen LogP contribution in [0.2, 0.25) is 0 Å². The Morgan fingerprint density at radius 2 is 2.32 bits per heavy atom. The largest absolute Gasteiger partial charge is 0.459 e. The van der Waals surface area contributed by atoms with Crippen molar-refractivity contribution in [3.05, 3.63) is 17.3 Å². The molecular weight excluding hydrogens is 324 g/mol. The second-order valence-electron chi connectivity index (χ2n) is 4.64. The lowest BCUT2D eigenvalue weighted by atomic mass is 10.2. The van der Waals surface area contributed by atoms with Gasteiger partial charge in [0.15, 0.2) is 10.0 Å². The first-order valence-corrected chi connectivity index (χ1v) is 8.75. The van der Waals surface area contributed by atoms with Gasteiger partial charge in [-0.25, -0.2) is 14.8 Å². The third-order valence-electron chi connectivity index (χ3n) is 3.18. The summed E-state index contributed by atoms with van der Waals surface area (Å²) in [6, 6.07) is 0. The monoisotopic (exact) mass is 338 g/mol. The van der Waals surface area contributed by atoms with Crippen LogP contribution in [0.25, 0.3) is 11.3 Å². The van der Waals surface area contributed by atoms with Gasteiger partial charge in [0, 0.05) is 24.6 Å². The molecule has 3 heterocycles. The molecule has 0 radical (unpaired) electrons. The smallest absolute Gasteiger partial charge is 0.352 e. The molecule has 1 saturated heterocycles. The first-order valence-electron chi connectivity index (χ1n) is 6.75. The van der Waals surface area contributed by atoms with Gasteiger partial charge < -0.3 is 9.47 Å². The predicted molar refractivity (Wildman–Crippen MR) is 82.0 cm³/mol. The SMILES string of the molecule is CSc1ncc(-c2nnsc2C(=O)OCC2CCCO2)cn1. The van der Waals surface area contributed by atoms with E-state index in [9.17, 15) is 4.79 Å². The van der Waals surface area contributed by atoms with Crippen LogP contribution in [0.5, 0.6) is 0 Å². The Balaban J connectivity index is 1.71. The van der Waals surface area contributed by atoms with E-state index in [0.29, 0.717) is 21.3 Å². The molecule has 1 aliphatic heterocycles. The molecule has 0 bridgehead atoms. The Kier molecular flexibility index (Phi) is 4.96. The lowest BCUT2D eigenvalue weighted by Crippen LogP contribution is -2.17. The zero-order chi connectivity index (χ0) is 15.4. The zero-order valence-electron chi connectivity index (χ0n) is 11.9. The highest BCUT2D eigenvalue weighted by Gasteiger charge is 2.23. The molecule has 0 saturated carbocycles. The molecule has 1 atom stereocenters. The molecule has 0 N–H and O–H groups in total. The predicted octanol–water partition coefficient (Wildman–Crippen LogP) is 2.05. The van der Waals surface area contributed by atoms with Crippen LogP contribution in [0, 0.1) is 0 Å². The maximum Gasteiger partial charge on any atom is 0.352 e. The normalized spacial score (nSPS) is 17.6. The van der Waals surface area contributed by atoms with Crippen LogP contribution in [-0.4, -0.2) is 51.1 Å².